The summed E-state index contributed by atoms with van der Waals surface area (Å²) in [6.07, 6.45) is 1.87. The van der Waals surface area contributed by atoms with Crippen LogP contribution in [0.1, 0.15) is 15.9 Å². The predicted molar refractivity (Wildman–Crippen MR) is 119 cm³/mol. The molecule has 6 nitrogen and oxygen atoms in total. The van der Waals surface area contributed by atoms with Crippen molar-refractivity contribution in [2.24, 2.45) is 0 Å². The monoisotopic (exact) mass is 414 g/mol. The molecule has 0 bridgehead atoms. The highest BCUT2D eigenvalue weighted by Gasteiger charge is 2.25. The molecule has 0 aliphatic carbocycles. The van der Waals surface area contributed by atoms with Gasteiger partial charge >= 0.3 is 5.97 Å². The van der Waals surface area contributed by atoms with E-state index >= 15 is 0 Å². The first-order chi connectivity index (χ1) is 15.1. The number of hydrogen-bond donors (Lipinski definition) is 1. The minimum atomic E-state index is -0.856. The van der Waals surface area contributed by atoms with Gasteiger partial charge in [-0.05, 0) is 33.2 Å². The topological polar surface area (TPSA) is 77.5 Å². The third-order valence-electron chi connectivity index (χ3n) is 5.24. The maximum atomic E-state index is 13.4. The van der Waals surface area contributed by atoms with Crippen LogP contribution < -0.4 is 10.1 Å². The molecule has 31 heavy (non-hydrogen) atoms. The van der Waals surface area contributed by atoms with Crippen LogP contribution in [0.2, 0.25) is 0 Å². The molecule has 0 saturated carbocycles. The standard InChI is InChI=1S/C25H22N2O4/c1-30-22-12-11-16(15-26-22)13-21(25(29)31-2)27-24(28)23-19-9-5-3-7-17(19)14-18-8-4-6-10-20(18)23/h3-12,14-15,21H,13H2,1-2H3,(H,27,28)/t21-/m1/s1. The summed E-state index contributed by atoms with van der Waals surface area (Å²) in [4.78, 5) is 30.1. The molecule has 1 atom stereocenters. The van der Waals surface area contributed by atoms with Gasteiger partial charge in [-0.3, -0.25) is 4.79 Å². The van der Waals surface area contributed by atoms with Crippen molar-refractivity contribution in [1.82, 2.24) is 10.3 Å². The summed E-state index contributed by atoms with van der Waals surface area (Å²) < 4.78 is 10.0. The number of carbonyl (C=O) groups is 2. The molecule has 1 heterocycles. The van der Waals surface area contributed by atoms with Gasteiger partial charge < -0.3 is 14.8 Å². The number of carbonyl (C=O) groups excluding carboxylic acids is 2. The lowest BCUT2D eigenvalue weighted by Crippen LogP contribution is -2.43. The summed E-state index contributed by atoms with van der Waals surface area (Å²) in [5, 5.41) is 6.44. The summed E-state index contributed by atoms with van der Waals surface area (Å²) >= 11 is 0. The number of methoxy groups -OCH3 is 2. The van der Waals surface area contributed by atoms with E-state index in [1.807, 2.05) is 48.5 Å². The lowest BCUT2D eigenvalue weighted by molar-refractivity contribution is -0.142. The van der Waals surface area contributed by atoms with Crippen molar-refractivity contribution in [3.8, 4) is 5.88 Å². The Hall–Kier alpha value is -3.93. The van der Waals surface area contributed by atoms with E-state index in [9.17, 15) is 9.59 Å². The Labute approximate surface area is 179 Å². The van der Waals surface area contributed by atoms with Crippen LogP contribution in [-0.4, -0.2) is 37.1 Å². The van der Waals surface area contributed by atoms with Crippen LogP contribution in [0.15, 0.2) is 72.9 Å². The van der Waals surface area contributed by atoms with Crippen LogP contribution >= 0.6 is 0 Å². The molecule has 0 aliphatic rings. The van der Waals surface area contributed by atoms with Crippen molar-refractivity contribution in [3.05, 3.63) is 84.1 Å². The van der Waals surface area contributed by atoms with Gasteiger partial charge in [0.1, 0.15) is 6.04 Å². The number of rotatable bonds is 6. The molecule has 0 unspecified atom stereocenters. The Morgan fingerprint density at radius 3 is 2.13 bits per heavy atom. The molecule has 1 amide bonds. The summed E-state index contributed by atoms with van der Waals surface area (Å²) in [5.74, 6) is -0.372. The molecule has 0 spiro atoms. The molecule has 6 heteroatoms. The highest BCUT2D eigenvalue weighted by molar-refractivity contribution is 6.18. The van der Waals surface area contributed by atoms with Gasteiger partial charge in [0.05, 0.1) is 19.8 Å². The zero-order chi connectivity index (χ0) is 21.8. The van der Waals surface area contributed by atoms with E-state index in [1.165, 1.54) is 14.2 Å². The molecule has 1 N–H and O–H groups in total. The molecule has 0 aliphatic heterocycles. The second-order valence-corrected chi connectivity index (χ2v) is 7.16. The molecule has 4 aromatic rings. The van der Waals surface area contributed by atoms with Gasteiger partial charge in [-0.25, -0.2) is 9.78 Å². The maximum absolute atomic E-state index is 13.4. The number of aromatic nitrogens is 1. The largest absolute Gasteiger partial charge is 0.481 e. The first-order valence-electron chi connectivity index (χ1n) is 9.89. The van der Waals surface area contributed by atoms with E-state index in [0.717, 1.165) is 27.1 Å². The number of ether oxygens (including phenoxy) is 2. The van der Waals surface area contributed by atoms with Crippen LogP contribution in [0.4, 0.5) is 0 Å². The van der Waals surface area contributed by atoms with Gasteiger partial charge in [0, 0.05) is 18.7 Å². The van der Waals surface area contributed by atoms with Crippen LogP contribution in [0, 0.1) is 0 Å². The fraction of sp³-hybridized carbons (Fsp3) is 0.160. The van der Waals surface area contributed by atoms with E-state index in [2.05, 4.69) is 16.4 Å². The quantitative estimate of drug-likeness (QED) is 0.382. The number of hydrogen-bond acceptors (Lipinski definition) is 5. The highest BCUT2D eigenvalue weighted by atomic mass is 16.5. The van der Waals surface area contributed by atoms with Crippen molar-refractivity contribution in [2.75, 3.05) is 14.2 Å². The molecule has 3 aromatic carbocycles. The number of esters is 1. The Bertz CT molecular complexity index is 1200. The minimum Gasteiger partial charge on any atom is -0.481 e. The van der Waals surface area contributed by atoms with Gasteiger partial charge in [-0.1, -0.05) is 54.6 Å². The maximum Gasteiger partial charge on any atom is 0.328 e. The molecule has 4 rings (SSSR count). The van der Waals surface area contributed by atoms with Crippen molar-refractivity contribution >= 4 is 33.4 Å². The molecule has 0 fully saturated rings. The third kappa shape index (κ3) is 4.19. The Kier molecular flexibility index (Phi) is 5.80. The van der Waals surface area contributed by atoms with Gasteiger partial charge in [0.2, 0.25) is 5.88 Å². The number of nitrogens with one attached hydrogen (secondary N) is 1. The van der Waals surface area contributed by atoms with Crippen molar-refractivity contribution < 1.29 is 19.1 Å². The van der Waals surface area contributed by atoms with E-state index in [0.29, 0.717) is 11.4 Å². The Morgan fingerprint density at radius 1 is 0.935 bits per heavy atom. The van der Waals surface area contributed by atoms with Crippen LogP contribution in [-0.2, 0) is 16.0 Å². The predicted octanol–water partition coefficient (Wildman–Crippen LogP) is 3.91. The lowest BCUT2D eigenvalue weighted by Gasteiger charge is -2.18. The van der Waals surface area contributed by atoms with Gasteiger partial charge in [-0.2, -0.15) is 0 Å². The normalized spacial score (nSPS) is 11.8. The number of nitrogens with zero attached hydrogens (tertiary/aromatic N) is 1. The second-order valence-electron chi connectivity index (χ2n) is 7.16. The Balaban J connectivity index is 1.71. The van der Waals surface area contributed by atoms with Crippen LogP contribution in [0.3, 0.4) is 0 Å². The van der Waals surface area contributed by atoms with Gasteiger partial charge in [0.25, 0.3) is 5.91 Å². The number of amides is 1. The van der Waals surface area contributed by atoms with Crippen LogP contribution in [0.5, 0.6) is 5.88 Å². The average Bonchev–Trinajstić information content (AvgIpc) is 2.81. The van der Waals surface area contributed by atoms with E-state index < -0.39 is 12.0 Å². The SMILES string of the molecule is COC(=O)[C@@H](Cc1ccc(OC)nc1)NC(=O)c1c2ccccc2cc2ccccc12. The number of benzene rings is 3. The lowest BCUT2D eigenvalue weighted by atomic mass is 9.96. The minimum absolute atomic E-state index is 0.248. The molecule has 156 valence electrons. The van der Waals surface area contributed by atoms with E-state index in [4.69, 9.17) is 9.47 Å². The van der Waals surface area contributed by atoms with E-state index in [-0.39, 0.29) is 12.3 Å². The zero-order valence-corrected chi connectivity index (χ0v) is 17.3. The fourth-order valence-electron chi connectivity index (χ4n) is 3.71. The zero-order valence-electron chi connectivity index (χ0n) is 17.3. The third-order valence-corrected chi connectivity index (χ3v) is 5.24. The first kappa shape index (κ1) is 20.3. The summed E-state index contributed by atoms with van der Waals surface area (Å²) in [6.45, 7) is 0. The van der Waals surface area contributed by atoms with Gasteiger partial charge in [-0.15, -0.1) is 0 Å². The first-order valence-corrected chi connectivity index (χ1v) is 9.89. The molecular formula is C25H22N2O4. The Morgan fingerprint density at radius 2 is 1.58 bits per heavy atom. The second kappa shape index (κ2) is 8.83. The van der Waals surface area contributed by atoms with Gasteiger partial charge in [0.15, 0.2) is 0 Å². The summed E-state index contributed by atoms with van der Waals surface area (Å²) in [6, 6.07) is 20.2. The number of fused-ring (bicyclic) bond motifs is 2. The molecule has 0 saturated heterocycles. The van der Waals surface area contributed by atoms with E-state index in [1.54, 1.807) is 18.3 Å². The van der Waals surface area contributed by atoms with Crippen molar-refractivity contribution in [2.45, 2.75) is 12.5 Å². The number of pyridine rings is 1. The highest BCUT2D eigenvalue weighted by Crippen LogP contribution is 2.28. The summed E-state index contributed by atoms with van der Waals surface area (Å²) in [5.41, 5.74) is 1.31. The van der Waals surface area contributed by atoms with Crippen LogP contribution in [0.25, 0.3) is 21.5 Å². The molecular weight excluding hydrogens is 392 g/mol. The summed E-state index contributed by atoms with van der Waals surface area (Å²) in [7, 11) is 2.84. The molecule has 0 radical (unpaired) electrons. The van der Waals surface area contributed by atoms with Crippen molar-refractivity contribution in [3.63, 3.8) is 0 Å². The smallest absolute Gasteiger partial charge is 0.328 e. The fourth-order valence-corrected chi connectivity index (χ4v) is 3.71. The average molecular weight is 414 g/mol. The molecule has 1 aromatic heterocycles. The van der Waals surface area contributed by atoms with Crippen molar-refractivity contribution in [1.29, 1.82) is 0 Å².